The van der Waals surface area contributed by atoms with Crippen LogP contribution in [0.3, 0.4) is 0 Å². The molecule has 1 fully saturated rings. The second-order valence-corrected chi connectivity index (χ2v) is 5.74. The number of benzene rings is 1. The van der Waals surface area contributed by atoms with Crippen molar-refractivity contribution in [2.24, 2.45) is 5.92 Å². The standard InChI is InChI=1S/C18H19N3O3/c1-24-18(23)13-5-7-14(8-6-13)20-16-10-9-15(11-19-16)21-17(22)12-3-2-4-12/h5-12H,2-4H2,1H3,(H,19,20)(H,21,22). The number of methoxy groups -OCH3 is 1. The van der Waals surface area contributed by atoms with Gasteiger partial charge in [0.25, 0.3) is 0 Å². The molecule has 2 N–H and O–H groups in total. The summed E-state index contributed by atoms with van der Waals surface area (Å²) in [4.78, 5) is 27.6. The lowest BCUT2D eigenvalue weighted by molar-refractivity contribution is -0.122. The van der Waals surface area contributed by atoms with E-state index in [0.29, 0.717) is 17.1 Å². The van der Waals surface area contributed by atoms with Gasteiger partial charge >= 0.3 is 5.97 Å². The molecule has 1 aliphatic carbocycles. The minimum absolute atomic E-state index is 0.0714. The van der Waals surface area contributed by atoms with Crippen LogP contribution < -0.4 is 10.6 Å². The number of amides is 1. The van der Waals surface area contributed by atoms with Crippen LogP contribution >= 0.6 is 0 Å². The molecule has 124 valence electrons. The van der Waals surface area contributed by atoms with Crippen molar-refractivity contribution in [1.82, 2.24) is 4.98 Å². The van der Waals surface area contributed by atoms with Gasteiger partial charge in [0, 0.05) is 11.6 Å². The number of aromatic nitrogens is 1. The molecule has 6 heteroatoms. The number of esters is 1. The first-order valence-corrected chi connectivity index (χ1v) is 7.88. The van der Waals surface area contributed by atoms with Crippen molar-refractivity contribution in [1.29, 1.82) is 0 Å². The molecule has 1 aromatic carbocycles. The topological polar surface area (TPSA) is 80.3 Å². The van der Waals surface area contributed by atoms with Gasteiger partial charge < -0.3 is 15.4 Å². The maximum atomic E-state index is 11.9. The van der Waals surface area contributed by atoms with Gasteiger partial charge in [-0.25, -0.2) is 9.78 Å². The number of pyridine rings is 1. The van der Waals surface area contributed by atoms with Gasteiger partial charge in [0.2, 0.25) is 5.91 Å². The zero-order chi connectivity index (χ0) is 16.9. The van der Waals surface area contributed by atoms with Gasteiger partial charge in [-0.3, -0.25) is 4.79 Å². The molecule has 0 radical (unpaired) electrons. The van der Waals surface area contributed by atoms with Crippen LogP contribution in [0.4, 0.5) is 17.2 Å². The van der Waals surface area contributed by atoms with Crippen molar-refractivity contribution in [2.75, 3.05) is 17.7 Å². The summed E-state index contributed by atoms with van der Waals surface area (Å²) in [5, 5.41) is 6.02. The third-order valence-corrected chi connectivity index (χ3v) is 4.09. The van der Waals surface area contributed by atoms with E-state index in [2.05, 4.69) is 20.4 Å². The first kappa shape index (κ1) is 16.0. The monoisotopic (exact) mass is 325 g/mol. The molecular weight excluding hydrogens is 306 g/mol. The fourth-order valence-electron chi connectivity index (χ4n) is 2.41. The summed E-state index contributed by atoms with van der Waals surface area (Å²) < 4.78 is 4.66. The molecule has 0 saturated heterocycles. The Kier molecular flexibility index (Phi) is 4.74. The summed E-state index contributed by atoms with van der Waals surface area (Å²) in [6, 6.07) is 10.5. The number of ether oxygens (including phenoxy) is 1. The molecular formula is C18H19N3O3. The van der Waals surface area contributed by atoms with Crippen molar-refractivity contribution in [2.45, 2.75) is 19.3 Å². The lowest BCUT2D eigenvalue weighted by Gasteiger charge is -2.23. The van der Waals surface area contributed by atoms with Crippen LogP contribution in [-0.2, 0) is 9.53 Å². The van der Waals surface area contributed by atoms with Crippen molar-refractivity contribution in [3.05, 3.63) is 48.2 Å². The number of nitrogens with zero attached hydrogens (tertiary/aromatic N) is 1. The number of carbonyl (C=O) groups is 2. The summed E-state index contributed by atoms with van der Waals surface area (Å²) in [7, 11) is 1.35. The van der Waals surface area contributed by atoms with Gasteiger partial charge in [-0.15, -0.1) is 0 Å². The van der Waals surface area contributed by atoms with Gasteiger partial charge in [0.05, 0.1) is 24.6 Å². The summed E-state index contributed by atoms with van der Waals surface area (Å²) in [6.07, 6.45) is 4.70. The fraction of sp³-hybridized carbons (Fsp3) is 0.278. The van der Waals surface area contributed by atoms with Gasteiger partial charge in [0.15, 0.2) is 0 Å². The van der Waals surface area contributed by atoms with Crippen LogP contribution in [0.1, 0.15) is 29.6 Å². The molecule has 0 unspecified atom stereocenters. The van der Waals surface area contributed by atoms with E-state index in [1.165, 1.54) is 7.11 Å². The van der Waals surface area contributed by atoms with Crippen LogP contribution in [0.15, 0.2) is 42.6 Å². The molecule has 1 amide bonds. The molecule has 0 atom stereocenters. The van der Waals surface area contributed by atoms with E-state index in [1.807, 2.05) is 6.07 Å². The van der Waals surface area contributed by atoms with Gasteiger partial charge in [-0.1, -0.05) is 6.42 Å². The molecule has 1 saturated carbocycles. The van der Waals surface area contributed by atoms with E-state index in [0.717, 1.165) is 24.9 Å². The van der Waals surface area contributed by atoms with Gasteiger partial charge in [0.1, 0.15) is 5.82 Å². The SMILES string of the molecule is COC(=O)c1ccc(Nc2ccc(NC(=O)C3CCC3)cn2)cc1. The Labute approximate surface area is 140 Å². The van der Waals surface area contributed by atoms with Crippen LogP contribution in [0.2, 0.25) is 0 Å². The van der Waals surface area contributed by atoms with Crippen molar-refractivity contribution >= 4 is 29.1 Å². The number of carbonyl (C=O) groups excluding carboxylic acids is 2. The lowest BCUT2D eigenvalue weighted by atomic mass is 9.85. The summed E-state index contributed by atoms with van der Waals surface area (Å²) in [5.41, 5.74) is 1.99. The van der Waals surface area contributed by atoms with E-state index < -0.39 is 0 Å². The maximum absolute atomic E-state index is 11.9. The van der Waals surface area contributed by atoms with Crippen LogP contribution in [-0.4, -0.2) is 24.0 Å². The van der Waals surface area contributed by atoms with E-state index in [1.54, 1.807) is 36.5 Å². The molecule has 1 aliphatic rings. The first-order valence-electron chi connectivity index (χ1n) is 7.88. The zero-order valence-electron chi connectivity index (χ0n) is 13.4. The number of hydrogen-bond acceptors (Lipinski definition) is 5. The molecule has 0 bridgehead atoms. The minimum atomic E-state index is -0.369. The summed E-state index contributed by atoms with van der Waals surface area (Å²) >= 11 is 0. The molecule has 6 nitrogen and oxygen atoms in total. The van der Waals surface area contributed by atoms with E-state index in [4.69, 9.17) is 0 Å². The van der Waals surface area contributed by atoms with E-state index in [9.17, 15) is 9.59 Å². The van der Waals surface area contributed by atoms with E-state index >= 15 is 0 Å². The number of anilines is 3. The third kappa shape index (κ3) is 3.71. The van der Waals surface area contributed by atoms with Crippen molar-refractivity contribution in [3.8, 4) is 0 Å². The highest BCUT2D eigenvalue weighted by molar-refractivity contribution is 5.93. The lowest BCUT2D eigenvalue weighted by Crippen LogP contribution is -2.28. The third-order valence-electron chi connectivity index (χ3n) is 4.09. The highest BCUT2D eigenvalue weighted by Crippen LogP contribution is 2.27. The smallest absolute Gasteiger partial charge is 0.337 e. The average molecular weight is 325 g/mol. The summed E-state index contributed by atoms with van der Waals surface area (Å²) in [6.45, 7) is 0. The molecule has 24 heavy (non-hydrogen) atoms. The summed E-state index contributed by atoms with van der Waals surface area (Å²) in [5.74, 6) is 0.506. The number of rotatable bonds is 5. The second kappa shape index (κ2) is 7.12. The van der Waals surface area contributed by atoms with Gasteiger partial charge in [-0.2, -0.15) is 0 Å². The number of hydrogen-bond donors (Lipinski definition) is 2. The molecule has 0 aliphatic heterocycles. The highest BCUT2D eigenvalue weighted by Gasteiger charge is 2.25. The zero-order valence-corrected chi connectivity index (χ0v) is 13.4. The molecule has 2 aromatic rings. The van der Waals surface area contributed by atoms with Crippen molar-refractivity contribution < 1.29 is 14.3 Å². The number of nitrogens with one attached hydrogen (secondary N) is 2. The molecule has 1 aromatic heterocycles. The van der Waals surface area contributed by atoms with Crippen LogP contribution in [0.5, 0.6) is 0 Å². The first-order chi connectivity index (χ1) is 11.7. The molecule has 3 rings (SSSR count). The Morgan fingerprint density at radius 3 is 2.33 bits per heavy atom. The normalized spacial score (nSPS) is 13.7. The average Bonchev–Trinajstić information content (AvgIpc) is 2.55. The van der Waals surface area contributed by atoms with Crippen LogP contribution in [0, 0.1) is 5.92 Å². The highest BCUT2D eigenvalue weighted by atomic mass is 16.5. The Bertz CT molecular complexity index is 722. The Morgan fingerprint density at radius 1 is 1.08 bits per heavy atom. The predicted molar refractivity (Wildman–Crippen MR) is 91.3 cm³/mol. The quantitative estimate of drug-likeness (QED) is 0.824. The largest absolute Gasteiger partial charge is 0.465 e. The molecule has 1 heterocycles. The Balaban J connectivity index is 1.59. The van der Waals surface area contributed by atoms with E-state index in [-0.39, 0.29) is 17.8 Å². The fourth-order valence-corrected chi connectivity index (χ4v) is 2.41. The minimum Gasteiger partial charge on any atom is -0.465 e. The Hall–Kier alpha value is -2.89. The second-order valence-electron chi connectivity index (χ2n) is 5.74. The van der Waals surface area contributed by atoms with Crippen LogP contribution in [0.25, 0.3) is 0 Å². The molecule has 0 spiro atoms. The Morgan fingerprint density at radius 2 is 1.79 bits per heavy atom. The maximum Gasteiger partial charge on any atom is 0.337 e. The predicted octanol–water partition coefficient (Wildman–Crippen LogP) is 3.35. The van der Waals surface area contributed by atoms with Gasteiger partial charge in [-0.05, 0) is 49.2 Å². The van der Waals surface area contributed by atoms with Crippen molar-refractivity contribution in [3.63, 3.8) is 0 Å².